The smallest absolute Gasteiger partial charge is 0.308 e. The minimum Gasteiger partial charge on any atom is -0.481 e. The van der Waals surface area contributed by atoms with Gasteiger partial charge in [0, 0.05) is 20.1 Å². The number of ether oxygens (including phenoxy) is 2. The van der Waals surface area contributed by atoms with E-state index in [1.807, 2.05) is 0 Å². The summed E-state index contributed by atoms with van der Waals surface area (Å²) in [6, 6.07) is 6.50. The van der Waals surface area contributed by atoms with Gasteiger partial charge in [-0.25, -0.2) is 8.42 Å². The summed E-state index contributed by atoms with van der Waals surface area (Å²) in [4.78, 5) is 25.8. The second-order valence-electron chi connectivity index (χ2n) is 6.61. The van der Waals surface area contributed by atoms with Crippen LogP contribution in [0.2, 0.25) is 0 Å². The summed E-state index contributed by atoms with van der Waals surface area (Å²) in [5.41, 5.74) is 0.508. The highest BCUT2D eigenvalue weighted by Crippen LogP contribution is 2.23. The van der Waals surface area contributed by atoms with E-state index in [9.17, 15) is 18.0 Å². The Balaban J connectivity index is 1.92. The van der Waals surface area contributed by atoms with Gasteiger partial charge in [0.1, 0.15) is 5.75 Å². The first-order valence-corrected chi connectivity index (χ1v) is 10.6. The lowest BCUT2D eigenvalue weighted by Gasteiger charge is -2.32. The molecule has 0 N–H and O–H groups in total. The summed E-state index contributed by atoms with van der Waals surface area (Å²) in [5.74, 6) is -0.0539. The quantitative estimate of drug-likeness (QED) is 0.670. The van der Waals surface area contributed by atoms with E-state index in [4.69, 9.17) is 9.47 Å². The van der Waals surface area contributed by atoms with Crippen LogP contribution in [0.15, 0.2) is 24.3 Å². The average Bonchev–Trinajstić information content (AvgIpc) is 2.66. The molecule has 1 amide bonds. The van der Waals surface area contributed by atoms with Gasteiger partial charge in [-0.05, 0) is 44.0 Å². The molecule has 0 aliphatic carbocycles. The number of carbonyl (C=O) groups excluding carboxylic acids is 2. The Bertz CT molecular complexity index is 770. The van der Waals surface area contributed by atoms with Crippen LogP contribution < -0.4 is 9.04 Å². The third-order valence-electron chi connectivity index (χ3n) is 4.70. The van der Waals surface area contributed by atoms with Gasteiger partial charge >= 0.3 is 5.97 Å². The van der Waals surface area contributed by atoms with Crippen LogP contribution in [0.5, 0.6) is 5.75 Å². The molecule has 1 aromatic carbocycles. The summed E-state index contributed by atoms with van der Waals surface area (Å²) in [6.45, 7) is 2.65. The van der Waals surface area contributed by atoms with Crippen molar-refractivity contribution in [2.45, 2.75) is 25.9 Å². The first kappa shape index (κ1) is 21.0. The van der Waals surface area contributed by atoms with Crippen LogP contribution in [-0.2, 0) is 24.3 Å². The fourth-order valence-corrected chi connectivity index (χ4v) is 3.44. The number of nitrogens with zero attached hydrogens (tertiary/aromatic N) is 2. The normalized spacial score (nSPS) is 16.5. The molecule has 8 nitrogen and oxygen atoms in total. The fraction of sp³-hybridized carbons (Fsp3) is 0.556. The maximum atomic E-state index is 12.6. The fourth-order valence-electron chi connectivity index (χ4n) is 2.94. The number of amides is 1. The molecule has 1 aromatic rings. The van der Waals surface area contributed by atoms with E-state index in [1.165, 1.54) is 14.2 Å². The highest BCUT2D eigenvalue weighted by atomic mass is 32.2. The van der Waals surface area contributed by atoms with E-state index in [0.717, 1.165) is 10.6 Å². The number of sulfonamides is 1. The number of piperidine rings is 1. The van der Waals surface area contributed by atoms with Crippen LogP contribution in [0, 0.1) is 5.92 Å². The van der Waals surface area contributed by atoms with Crippen LogP contribution in [0.1, 0.15) is 19.8 Å². The summed E-state index contributed by atoms with van der Waals surface area (Å²) < 4.78 is 34.7. The zero-order valence-electron chi connectivity index (χ0n) is 16.0. The van der Waals surface area contributed by atoms with Gasteiger partial charge in [-0.3, -0.25) is 13.9 Å². The van der Waals surface area contributed by atoms with E-state index in [2.05, 4.69) is 0 Å². The zero-order chi connectivity index (χ0) is 20.2. The summed E-state index contributed by atoms with van der Waals surface area (Å²) in [6.07, 6.45) is 1.61. The highest BCUT2D eigenvalue weighted by Gasteiger charge is 2.30. The van der Waals surface area contributed by atoms with Crippen molar-refractivity contribution in [3.8, 4) is 5.75 Å². The van der Waals surface area contributed by atoms with E-state index >= 15 is 0 Å². The standard InChI is InChI=1S/C18H26N2O6S/c1-13(17(21)20-11-9-14(10-12-20)18(22)25-3)26-16-7-5-15(6-8-16)19(2)27(4,23)24/h5-8,13-14H,9-12H2,1-4H3/t13-/m1/s1. The summed E-state index contributed by atoms with van der Waals surface area (Å²) in [5, 5.41) is 0. The maximum Gasteiger partial charge on any atom is 0.308 e. The molecule has 2 rings (SSSR count). The topological polar surface area (TPSA) is 93.2 Å². The van der Waals surface area contributed by atoms with Crippen LogP contribution in [-0.4, -0.2) is 64.8 Å². The molecule has 150 valence electrons. The van der Waals surface area contributed by atoms with Crippen LogP contribution in [0.25, 0.3) is 0 Å². The first-order chi connectivity index (χ1) is 12.6. The Morgan fingerprint density at radius 3 is 2.22 bits per heavy atom. The molecule has 27 heavy (non-hydrogen) atoms. The Morgan fingerprint density at radius 2 is 1.74 bits per heavy atom. The van der Waals surface area contributed by atoms with Crippen molar-refractivity contribution < 1.29 is 27.5 Å². The molecule has 0 bridgehead atoms. The lowest BCUT2D eigenvalue weighted by molar-refractivity contribution is -0.150. The van der Waals surface area contributed by atoms with Gasteiger partial charge in [-0.15, -0.1) is 0 Å². The minimum atomic E-state index is -3.33. The maximum absolute atomic E-state index is 12.6. The third-order valence-corrected chi connectivity index (χ3v) is 5.91. The van der Waals surface area contributed by atoms with E-state index in [0.29, 0.717) is 37.4 Å². The molecule has 0 saturated carbocycles. The average molecular weight is 398 g/mol. The molecule has 1 fully saturated rings. The monoisotopic (exact) mass is 398 g/mol. The Morgan fingerprint density at radius 1 is 1.19 bits per heavy atom. The number of methoxy groups -OCH3 is 1. The number of hydrogen-bond donors (Lipinski definition) is 0. The van der Waals surface area contributed by atoms with Crippen LogP contribution >= 0.6 is 0 Å². The number of rotatable bonds is 6. The molecule has 1 atom stereocenters. The largest absolute Gasteiger partial charge is 0.481 e. The second-order valence-corrected chi connectivity index (χ2v) is 8.62. The van der Waals surface area contributed by atoms with Crippen molar-refractivity contribution in [1.82, 2.24) is 4.90 Å². The summed E-state index contributed by atoms with van der Waals surface area (Å²) >= 11 is 0. The van der Waals surface area contributed by atoms with Gasteiger partial charge in [0.05, 0.1) is 25.0 Å². The SMILES string of the molecule is COC(=O)C1CCN(C(=O)[C@@H](C)Oc2ccc(N(C)S(C)(=O)=O)cc2)CC1. The molecule has 1 aliphatic heterocycles. The van der Waals surface area contributed by atoms with Gasteiger partial charge in [0.15, 0.2) is 6.10 Å². The summed E-state index contributed by atoms with van der Waals surface area (Å²) in [7, 11) is -0.496. The number of likely N-dealkylation sites (tertiary alicyclic amines) is 1. The molecular weight excluding hydrogens is 372 g/mol. The Kier molecular flexibility index (Phi) is 6.69. The van der Waals surface area contributed by atoms with Crippen molar-refractivity contribution in [1.29, 1.82) is 0 Å². The molecule has 0 unspecified atom stereocenters. The number of benzene rings is 1. The molecule has 1 heterocycles. The van der Waals surface area contributed by atoms with Gasteiger partial charge in [0.2, 0.25) is 10.0 Å². The predicted molar refractivity (Wildman–Crippen MR) is 101 cm³/mol. The third kappa shape index (κ3) is 5.35. The Labute approximate surface area is 160 Å². The molecular formula is C18H26N2O6S. The minimum absolute atomic E-state index is 0.143. The molecule has 0 aromatic heterocycles. The Hall–Kier alpha value is -2.29. The van der Waals surface area contributed by atoms with Gasteiger partial charge in [-0.2, -0.15) is 0 Å². The molecule has 0 spiro atoms. The predicted octanol–water partition coefficient (Wildman–Crippen LogP) is 1.26. The van der Waals surface area contributed by atoms with Gasteiger partial charge in [0.25, 0.3) is 5.91 Å². The van der Waals surface area contributed by atoms with Gasteiger partial charge < -0.3 is 14.4 Å². The number of esters is 1. The van der Waals surface area contributed by atoms with Crippen molar-refractivity contribution >= 4 is 27.6 Å². The van der Waals surface area contributed by atoms with E-state index in [-0.39, 0.29) is 17.8 Å². The van der Waals surface area contributed by atoms with E-state index in [1.54, 1.807) is 36.1 Å². The van der Waals surface area contributed by atoms with Crippen molar-refractivity contribution in [3.63, 3.8) is 0 Å². The number of hydrogen-bond acceptors (Lipinski definition) is 6. The lowest BCUT2D eigenvalue weighted by atomic mass is 9.97. The number of anilines is 1. The zero-order valence-corrected chi connectivity index (χ0v) is 16.9. The molecule has 1 saturated heterocycles. The molecule has 0 radical (unpaired) electrons. The van der Waals surface area contributed by atoms with Crippen LogP contribution in [0.4, 0.5) is 5.69 Å². The van der Waals surface area contributed by atoms with Gasteiger partial charge in [-0.1, -0.05) is 0 Å². The van der Waals surface area contributed by atoms with Crippen molar-refractivity contribution in [3.05, 3.63) is 24.3 Å². The van der Waals surface area contributed by atoms with Crippen molar-refractivity contribution in [2.75, 3.05) is 37.8 Å². The molecule has 1 aliphatic rings. The lowest BCUT2D eigenvalue weighted by Crippen LogP contribution is -2.45. The number of carbonyl (C=O) groups is 2. The first-order valence-electron chi connectivity index (χ1n) is 8.70. The second kappa shape index (κ2) is 8.60. The van der Waals surface area contributed by atoms with E-state index < -0.39 is 16.1 Å². The molecule has 9 heteroatoms. The van der Waals surface area contributed by atoms with Crippen LogP contribution in [0.3, 0.4) is 0 Å². The van der Waals surface area contributed by atoms with Crippen molar-refractivity contribution in [2.24, 2.45) is 5.92 Å². The highest BCUT2D eigenvalue weighted by molar-refractivity contribution is 7.92.